The molecule has 6 heteroatoms. The molecule has 1 heterocycles. The number of aryl methyl sites for hydroxylation is 1. The molecule has 1 unspecified atom stereocenters. The zero-order valence-corrected chi connectivity index (χ0v) is 13.9. The third kappa shape index (κ3) is 3.27. The first-order chi connectivity index (χ1) is 10.1. The number of benzene rings is 1. The van der Waals surface area contributed by atoms with E-state index in [4.69, 9.17) is 4.74 Å². The van der Waals surface area contributed by atoms with Crippen LogP contribution in [-0.4, -0.2) is 23.9 Å². The monoisotopic (exact) mass is 355 g/mol. The van der Waals surface area contributed by atoms with Crippen LogP contribution in [0.15, 0.2) is 28.9 Å². The van der Waals surface area contributed by atoms with Gasteiger partial charge in [-0.2, -0.15) is 5.10 Å². The van der Waals surface area contributed by atoms with Crippen LogP contribution in [0, 0.1) is 5.82 Å². The van der Waals surface area contributed by atoms with E-state index in [2.05, 4.69) is 33.3 Å². The fourth-order valence-corrected chi connectivity index (χ4v) is 2.97. The Morgan fingerprint density at radius 2 is 2.24 bits per heavy atom. The van der Waals surface area contributed by atoms with Gasteiger partial charge in [0.2, 0.25) is 0 Å². The van der Waals surface area contributed by atoms with Crippen LogP contribution in [-0.2, 0) is 6.54 Å². The molecule has 0 aliphatic carbocycles. The SMILES string of the molecule is CCCn1ncc(OC)c1C(NC)c1ccc(F)cc1Br. The summed E-state index contributed by atoms with van der Waals surface area (Å²) < 4.78 is 21.4. The van der Waals surface area contributed by atoms with E-state index >= 15 is 0 Å². The van der Waals surface area contributed by atoms with Crippen molar-refractivity contribution in [3.8, 4) is 5.75 Å². The molecule has 2 aromatic rings. The van der Waals surface area contributed by atoms with Crippen LogP contribution in [0.25, 0.3) is 0 Å². The maximum Gasteiger partial charge on any atom is 0.161 e. The minimum atomic E-state index is -0.269. The Bertz CT molecular complexity index is 615. The number of rotatable bonds is 6. The third-order valence-electron chi connectivity index (χ3n) is 3.34. The van der Waals surface area contributed by atoms with E-state index in [-0.39, 0.29) is 11.9 Å². The van der Waals surface area contributed by atoms with Crippen LogP contribution in [0.5, 0.6) is 5.75 Å². The van der Waals surface area contributed by atoms with Gasteiger partial charge in [0.25, 0.3) is 0 Å². The summed E-state index contributed by atoms with van der Waals surface area (Å²) in [5, 5.41) is 7.64. The lowest BCUT2D eigenvalue weighted by Crippen LogP contribution is -2.22. The molecule has 0 fully saturated rings. The van der Waals surface area contributed by atoms with E-state index in [1.54, 1.807) is 19.4 Å². The second-order valence-corrected chi connectivity index (χ2v) is 5.56. The Kier molecular flexibility index (Phi) is 5.36. The van der Waals surface area contributed by atoms with Crippen LogP contribution in [0.1, 0.15) is 30.6 Å². The number of aromatic nitrogens is 2. The quantitative estimate of drug-likeness (QED) is 0.861. The van der Waals surface area contributed by atoms with Gasteiger partial charge >= 0.3 is 0 Å². The van der Waals surface area contributed by atoms with Crippen molar-refractivity contribution in [3.63, 3.8) is 0 Å². The third-order valence-corrected chi connectivity index (χ3v) is 4.02. The van der Waals surface area contributed by atoms with Gasteiger partial charge in [0.05, 0.1) is 19.3 Å². The molecule has 4 nitrogen and oxygen atoms in total. The van der Waals surface area contributed by atoms with Gasteiger partial charge in [-0.1, -0.05) is 28.9 Å². The highest BCUT2D eigenvalue weighted by atomic mass is 79.9. The van der Waals surface area contributed by atoms with Gasteiger partial charge in [-0.25, -0.2) is 4.39 Å². The van der Waals surface area contributed by atoms with Gasteiger partial charge < -0.3 is 10.1 Å². The fourth-order valence-electron chi connectivity index (χ4n) is 2.39. The molecule has 21 heavy (non-hydrogen) atoms. The van der Waals surface area contributed by atoms with E-state index < -0.39 is 0 Å². The van der Waals surface area contributed by atoms with Crippen molar-refractivity contribution in [3.05, 3.63) is 45.9 Å². The highest BCUT2D eigenvalue weighted by Gasteiger charge is 2.24. The summed E-state index contributed by atoms with van der Waals surface area (Å²) in [7, 11) is 3.49. The fraction of sp³-hybridized carbons (Fsp3) is 0.400. The molecule has 0 aliphatic rings. The number of hydrogen-bond donors (Lipinski definition) is 1. The van der Waals surface area contributed by atoms with Gasteiger partial charge in [0.15, 0.2) is 5.75 Å². The first-order valence-corrected chi connectivity index (χ1v) is 7.63. The molecule has 1 atom stereocenters. The maximum atomic E-state index is 13.3. The number of halogens is 2. The van der Waals surface area contributed by atoms with Gasteiger partial charge in [-0.3, -0.25) is 4.68 Å². The number of nitrogens with zero attached hydrogens (tertiary/aromatic N) is 2. The average molecular weight is 356 g/mol. The smallest absolute Gasteiger partial charge is 0.161 e. The summed E-state index contributed by atoms with van der Waals surface area (Å²) in [4.78, 5) is 0. The molecule has 0 spiro atoms. The zero-order chi connectivity index (χ0) is 15.4. The molecule has 0 saturated carbocycles. The molecular weight excluding hydrogens is 337 g/mol. The standard InChI is InChI=1S/C15H19BrFN3O/c1-4-7-20-15(13(21-3)9-19-20)14(18-2)11-6-5-10(17)8-12(11)16/h5-6,8-9,14,18H,4,7H2,1-3H3. The number of hydrogen-bond acceptors (Lipinski definition) is 3. The minimum absolute atomic E-state index is 0.135. The Labute approximate surface area is 132 Å². The van der Waals surface area contributed by atoms with Crippen molar-refractivity contribution >= 4 is 15.9 Å². The predicted octanol–water partition coefficient (Wildman–Crippen LogP) is 3.51. The molecule has 0 bridgehead atoms. The highest BCUT2D eigenvalue weighted by molar-refractivity contribution is 9.10. The first kappa shape index (κ1) is 16.0. The Hall–Kier alpha value is -1.40. The minimum Gasteiger partial charge on any atom is -0.493 e. The van der Waals surface area contributed by atoms with Crippen LogP contribution in [0.2, 0.25) is 0 Å². The van der Waals surface area contributed by atoms with Crippen molar-refractivity contribution in [2.45, 2.75) is 25.9 Å². The van der Waals surface area contributed by atoms with Crippen molar-refractivity contribution in [2.24, 2.45) is 0 Å². The largest absolute Gasteiger partial charge is 0.493 e. The summed E-state index contributed by atoms with van der Waals surface area (Å²) in [5.74, 6) is 0.452. The van der Waals surface area contributed by atoms with Crippen LogP contribution in [0.4, 0.5) is 4.39 Å². The van der Waals surface area contributed by atoms with Crippen molar-refractivity contribution in [1.29, 1.82) is 0 Å². The molecule has 2 rings (SSSR count). The number of nitrogens with one attached hydrogen (secondary N) is 1. The van der Waals surface area contributed by atoms with E-state index in [9.17, 15) is 4.39 Å². The van der Waals surface area contributed by atoms with Crippen molar-refractivity contribution < 1.29 is 9.13 Å². The summed E-state index contributed by atoms with van der Waals surface area (Å²) in [6, 6.07) is 4.55. The van der Waals surface area contributed by atoms with Gasteiger partial charge in [-0.15, -0.1) is 0 Å². The normalized spacial score (nSPS) is 12.4. The first-order valence-electron chi connectivity index (χ1n) is 6.84. The van der Waals surface area contributed by atoms with Crippen LogP contribution < -0.4 is 10.1 Å². The molecule has 0 saturated heterocycles. The van der Waals surface area contributed by atoms with E-state index in [1.165, 1.54) is 12.1 Å². The van der Waals surface area contributed by atoms with Gasteiger partial charge in [-0.05, 0) is 31.2 Å². The summed E-state index contributed by atoms with van der Waals surface area (Å²) in [5.41, 5.74) is 1.88. The second kappa shape index (κ2) is 7.04. The second-order valence-electron chi connectivity index (χ2n) is 4.71. The predicted molar refractivity (Wildman–Crippen MR) is 84.1 cm³/mol. The lowest BCUT2D eigenvalue weighted by Gasteiger charge is -2.21. The molecule has 1 N–H and O–H groups in total. The van der Waals surface area contributed by atoms with Gasteiger partial charge in [0, 0.05) is 11.0 Å². The Morgan fingerprint density at radius 3 is 2.81 bits per heavy atom. The van der Waals surface area contributed by atoms with Crippen molar-refractivity contribution in [2.75, 3.05) is 14.2 Å². The maximum absolute atomic E-state index is 13.3. The zero-order valence-electron chi connectivity index (χ0n) is 12.4. The molecule has 114 valence electrons. The summed E-state index contributed by atoms with van der Waals surface area (Å²) in [6.07, 6.45) is 2.69. The van der Waals surface area contributed by atoms with Crippen LogP contribution >= 0.6 is 15.9 Å². The molecule has 0 radical (unpaired) electrons. The molecule has 0 amide bonds. The molecule has 0 aliphatic heterocycles. The van der Waals surface area contributed by atoms with Gasteiger partial charge in [0.1, 0.15) is 11.5 Å². The van der Waals surface area contributed by atoms with E-state index in [1.807, 2.05) is 11.7 Å². The van der Waals surface area contributed by atoms with E-state index in [0.717, 1.165) is 30.0 Å². The lowest BCUT2D eigenvalue weighted by atomic mass is 10.0. The molecular formula is C15H19BrFN3O. The Morgan fingerprint density at radius 1 is 1.48 bits per heavy atom. The highest BCUT2D eigenvalue weighted by Crippen LogP contribution is 2.34. The molecule has 1 aromatic carbocycles. The number of methoxy groups -OCH3 is 1. The number of ether oxygens (including phenoxy) is 1. The lowest BCUT2D eigenvalue weighted by molar-refractivity contribution is 0.400. The van der Waals surface area contributed by atoms with Crippen molar-refractivity contribution in [1.82, 2.24) is 15.1 Å². The Balaban J connectivity index is 2.52. The topological polar surface area (TPSA) is 39.1 Å². The average Bonchev–Trinajstić information content (AvgIpc) is 2.85. The van der Waals surface area contributed by atoms with E-state index in [0.29, 0.717) is 4.47 Å². The molecule has 1 aromatic heterocycles. The van der Waals surface area contributed by atoms with Crippen LogP contribution in [0.3, 0.4) is 0 Å². The summed E-state index contributed by atoms with van der Waals surface area (Å²) in [6.45, 7) is 2.90. The summed E-state index contributed by atoms with van der Waals surface area (Å²) >= 11 is 3.43.